The molecule has 0 aliphatic rings. The molecule has 17 heavy (non-hydrogen) atoms. The van der Waals surface area contributed by atoms with Crippen molar-refractivity contribution in [1.29, 1.82) is 0 Å². The van der Waals surface area contributed by atoms with Gasteiger partial charge in [-0.3, -0.25) is 0 Å². The van der Waals surface area contributed by atoms with E-state index in [0.717, 1.165) is 17.6 Å². The summed E-state index contributed by atoms with van der Waals surface area (Å²) in [6.07, 6.45) is 3.67. The van der Waals surface area contributed by atoms with E-state index < -0.39 is 0 Å². The van der Waals surface area contributed by atoms with E-state index in [1.165, 1.54) is 17.6 Å². The van der Waals surface area contributed by atoms with Crippen LogP contribution >= 0.6 is 11.8 Å². The van der Waals surface area contributed by atoms with Crippen LogP contribution in [0.25, 0.3) is 11.0 Å². The minimum atomic E-state index is 0.555. The summed E-state index contributed by atoms with van der Waals surface area (Å²) in [6.45, 7) is 7.37. The lowest BCUT2D eigenvalue weighted by Crippen LogP contribution is -2.11. The van der Waals surface area contributed by atoms with Crippen molar-refractivity contribution in [2.75, 3.05) is 12.0 Å². The van der Waals surface area contributed by atoms with Crippen LogP contribution in [0.5, 0.6) is 0 Å². The first-order valence-corrected chi connectivity index (χ1v) is 6.93. The van der Waals surface area contributed by atoms with Crippen LogP contribution in [0, 0.1) is 13.8 Å². The number of nitrogens with two attached hydrogens (primary N) is 1. The van der Waals surface area contributed by atoms with Crippen LogP contribution in [0.2, 0.25) is 0 Å². The Balaban J connectivity index is 2.63. The van der Waals surface area contributed by atoms with Crippen LogP contribution in [-0.2, 0) is 6.54 Å². The summed E-state index contributed by atoms with van der Waals surface area (Å²) in [5.41, 5.74) is 9.30. The molecule has 0 aliphatic heterocycles. The summed E-state index contributed by atoms with van der Waals surface area (Å²) in [5, 5.41) is 1.55. The molecule has 5 heteroatoms. The van der Waals surface area contributed by atoms with E-state index in [9.17, 15) is 0 Å². The number of hydrogen-bond acceptors (Lipinski definition) is 4. The molecule has 2 heterocycles. The van der Waals surface area contributed by atoms with E-state index in [1.54, 1.807) is 0 Å². The lowest BCUT2D eigenvalue weighted by molar-refractivity contribution is 0.691. The summed E-state index contributed by atoms with van der Waals surface area (Å²) >= 11 is 1.85. The predicted molar refractivity (Wildman–Crippen MR) is 74.4 cm³/mol. The van der Waals surface area contributed by atoms with Gasteiger partial charge in [0.25, 0.3) is 0 Å². The number of thioether (sulfide) groups is 1. The molecule has 2 N–H and O–H groups in total. The Kier molecular flexibility index (Phi) is 3.28. The zero-order chi connectivity index (χ0) is 12.6. The maximum absolute atomic E-state index is 5.93. The SMILES string of the molecule is CSC(C)Cn1c(C)c(C)c2c(N)ncnc21. The monoisotopic (exact) mass is 250 g/mol. The molecule has 92 valence electrons. The van der Waals surface area contributed by atoms with Crippen molar-refractivity contribution in [3.05, 3.63) is 17.6 Å². The Morgan fingerprint density at radius 3 is 2.76 bits per heavy atom. The van der Waals surface area contributed by atoms with Gasteiger partial charge in [0.15, 0.2) is 0 Å². The molecule has 2 rings (SSSR count). The van der Waals surface area contributed by atoms with Crippen molar-refractivity contribution in [2.45, 2.75) is 32.6 Å². The van der Waals surface area contributed by atoms with Crippen molar-refractivity contribution in [1.82, 2.24) is 14.5 Å². The third-order valence-corrected chi connectivity index (χ3v) is 4.23. The predicted octanol–water partition coefficient (Wildman–Crippen LogP) is 2.38. The molecular formula is C12H18N4S. The summed E-state index contributed by atoms with van der Waals surface area (Å²) in [7, 11) is 0. The molecule has 0 spiro atoms. The summed E-state index contributed by atoms with van der Waals surface area (Å²) in [5.74, 6) is 0.575. The van der Waals surface area contributed by atoms with E-state index in [2.05, 4.69) is 41.6 Å². The van der Waals surface area contributed by atoms with Gasteiger partial charge in [-0.05, 0) is 25.7 Å². The summed E-state index contributed by atoms with van der Waals surface area (Å²) in [4.78, 5) is 8.44. The van der Waals surface area contributed by atoms with E-state index >= 15 is 0 Å². The van der Waals surface area contributed by atoms with Gasteiger partial charge >= 0.3 is 0 Å². The average Bonchev–Trinajstić information content (AvgIpc) is 2.55. The Bertz CT molecular complexity index is 547. The maximum Gasteiger partial charge on any atom is 0.145 e. The Morgan fingerprint density at radius 1 is 1.41 bits per heavy atom. The number of nitrogen functional groups attached to an aromatic ring is 1. The van der Waals surface area contributed by atoms with Gasteiger partial charge in [0, 0.05) is 17.5 Å². The van der Waals surface area contributed by atoms with E-state index in [0.29, 0.717) is 11.1 Å². The molecule has 0 amide bonds. The Morgan fingerprint density at radius 2 is 2.12 bits per heavy atom. The van der Waals surface area contributed by atoms with Gasteiger partial charge in [0.2, 0.25) is 0 Å². The first-order valence-electron chi connectivity index (χ1n) is 5.65. The summed E-state index contributed by atoms with van der Waals surface area (Å²) < 4.78 is 2.24. The fourth-order valence-electron chi connectivity index (χ4n) is 2.05. The minimum absolute atomic E-state index is 0.555. The number of fused-ring (bicyclic) bond motifs is 1. The lowest BCUT2D eigenvalue weighted by Gasteiger charge is -2.12. The number of rotatable bonds is 3. The van der Waals surface area contributed by atoms with Gasteiger partial charge in [-0.15, -0.1) is 0 Å². The van der Waals surface area contributed by atoms with Crippen molar-refractivity contribution < 1.29 is 0 Å². The van der Waals surface area contributed by atoms with E-state index in [4.69, 9.17) is 5.73 Å². The highest BCUT2D eigenvalue weighted by Gasteiger charge is 2.16. The molecule has 0 fully saturated rings. The quantitative estimate of drug-likeness (QED) is 0.908. The number of anilines is 1. The third kappa shape index (κ3) is 1.99. The van der Waals surface area contributed by atoms with Crippen LogP contribution in [-0.4, -0.2) is 26.0 Å². The average molecular weight is 250 g/mol. The highest BCUT2D eigenvalue weighted by Crippen LogP contribution is 2.27. The molecule has 0 bridgehead atoms. The number of aromatic nitrogens is 3. The van der Waals surface area contributed by atoms with Gasteiger partial charge in [-0.25, -0.2) is 9.97 Å². The van der Waals surface area contributed by atoms with Gasteiger partial charge in [-0.2, -0.15) is 11.8 Å². The van der Waals surface area contributed by atoms with Crippen LogP contribution in [0.3, 0.4) is 0 Å². The maximum atomic E-state index is 5.93. The second-order valence-corrected chi connectivity index (χ2v) is 5.60. The van der Waals surface area contributed by atoms with Crippen molar-refractivity contribution in [2.24, 2.45) is 0 Å². The van der Waals surface area contributed by atoms with Crippen molar-refractivity contribution in [3.63, 3.8) is 0 Å². The fourth-order valence-corrected chi connectivity index (χ4v) is 2.35. The van der Waals surface area contributed by atoms with E-state index in [-0.39, 0.29) is 0 Å². The topological polar surface area (TPSA) is 56.7 Å². The molecule has 0 aliphatic carbocycles. The molecule has 0 aromatic carbocycles. The first kappa shape index (κ1) is 12.2. The second kappa shape index (κ2) is 4.56. The molecule has 1 unspecified atom stereocenters. The second-order valence-electron chi connectivity index (χ2n) is 4.32. The molecule has 0 radical (unpaired) electrons. The molecule has 0 saturated heterocycles. The minimum Gasteiger partial charge on any atom is -0.383 e. The number of hydrogen-bond donors (Lipinski definition) is 1. The van der Waals surface area contributed by atoms with Gasteiger partial charge in [0.1, 0.15) is 17.8 Å². The Hall–Kier alpha value is -1.23. The fraction of sp³-hybridized carbons (Fsp3) is 0.500. The standard InChI is InChI=1S/C12H18N4S/c1-7(17-4)5-16-9(3)8(2)10-11(13)14-6-15-12(10)16/h6-7H,5H2,1-4H3,(H2,13,14,15). The lowest BCUT2D eigenvalue weighted by atomic mass is 10.2. The number of aryl methyl sites for hydroxylation is 1. The van der Waals surface area contributed by atoms with E-state index in [1.807, 2.05) is 11.8 Å². The van der Waals surface area contributed by atoms with Crippen LogP contribution in [0.15, 0.2) is 6.33 Å². The van der Waals surface area contributed by atoms with Gasteiger partial charge in [0.05, 0.1) is 5.39 Å². The van der Waals surface area contributed by atoms with Gasteiger partial charge < -0.3 is 10.3 Å². The smallest absolute Gasteiger partial charge is 0.145 e. The van der Waals surface area contributed by atoms with Crippen LogP contribution in [0.1, 0.15) is 18.2 Å². The normalized spacial score (nSPS) is 13.2. The van der Waals surface area contributed by atoms with Gasteiger partial charge in [-0.1, -0.05) is 6.92 Å². The van der Waals surface area contributed by atoms with Crippen LogP contribution < -0.4 is 5.73 Å². The largest absolute Gasteiger partial charge is 0.383 e. The Labute approximate surface area is 106 Å². The third-order valence-electron chi connectivity index (χ3n) is 3.28. The highest BCUT2D eigenvalue weighted by atomic mass is 32.2. The van der Waals surface area contributed by atoms with Crippen molar-refractivity contribution >= 4 is 28.6 Å². The molecule has 4 nitrogen and oxygen atoms in total. The first-order chi connectivity index (χ1) is 8.06. The van der Waals surface area contributed by atoms with Crippen molar-refractivity contribution in [3.8, 4) is 0 Å². The zero-order valence-corrected chi connectivity index (χ0v) is 11.5. The molecule has 2 aromatic rings. The molecule has 2 aromatic heterocycles. The molecule has 1 atom stereocenters. The zero-order valence-electron chi connectivity index (χ0n) is 10.7. The van der Waals surface area contributed by atoms with Crippen LogP contribution in [0.4, 0.5) is 5.82 Å². The molecule has 0 saturated carbocycles. The summed E-state index contributed by atoms with van der Waals surface area (Å²) in [6, 6.07) is 0. The molecular weight excluding hydrogens is 232 g/mol. The number of nitrogens with zero attached hydrogens (tertiary/aromatic N) is 3. The highest BCUT2D eigenvalue weighted by molar-refractivity contribution is 7.99.